The quantitative estimate of drug-likeness (QED) is 0.762. The molecule has 0 atom stereocenters. The van der Waals surface area contributed by atoms with Gasteiger partial charge >= 0.3 is 5.97 Å². The number of carbonyl (C=O) groups is 1. The maximum Gasteiger partial charge on any atom is 0.309 e. The molecule has 1 N–H and O–H groups in total. The topological polar surface area (TPSA) is 71.2 Å². The van der Waals surface area contributed by atoms with Crippen molar-refractivity contribution in [2.75, 3.05) is 19.6 Å². The van der Waals surface area contributed by atoms with E-state index in [0.29, 0.717) is 5.69 Å². The highest BCUT2D eigenvalue weighted by molar-refractivity contribution is 5.69. The molecule has 2 heterocycles. The van der Waals surface area contributed by atoms with E-state index in [0.717, 1.165) is 26.2 Å². The molecule has 1 aliphatic rings. The van der Waals surface area contributed by atoms with Gasteiger partial charge in [-0.15, -0.1) is 5.10 Å². The molecule has 1 saturated heterocycles. The van der Waals surface area contributed by atoms with Gasteiger partial charge in [-0.2, -0.15) is 0 Å². The van der Waals surface area contributed by atoms with Crippen molar-refractivity contribution >= 4 is 5.97 Å². The summed E-state index contributed by atoms with van der Waals surface area (Å²) in [7, 11) is 0. The molecule has 2 rings (SSSR count). The number of carboxylic acids is 1. The number of hydrogen-bond donors (Lipinski definition) is 1. The van der Waals surface area contributed by atoms with Gasteiger partial charge in [0.05, 0.1) is 18.7 Å². The molecule has 1 aromatic rings. The van der Waals surface area contributed by atoms with Crippen LogP contribution in [0, 0.1) is 0 Å². The summed E-state index contributed by atoms with van der Waals surface area (Å²) >= 11 is 0. The summed E-state index contributed by atoms with van der Waals surface area (Å²) in [6.07, 6.45) is 4.22. The van der Waals surface area contributed by atoms with Crippen LogP contribution in [-0.2, 0) is 17.8 Å². The van der Waals surface area contributed by atoms with Crippen molar-refractivity contribution in [3.05, 3.63) is 11.9 Å². The Bertz CT molecular complexity index is 357. The van der Waals surface area contributed by atoms with Gasteiger partial charge in [0.1, 0.15) is 0 Å². The van der Waals surface area contributed by atoms with Crippen molar-refractivity contribution in [3.63, 3.8) is 0 Å². The van der Waals surface area contributed by atoms with Gasteiger partial charge in [0.15, 0.2) is 0 Å². The van der Waals surface area contributed by atoms with Crippen LogP contribution in [-0.4, -0.2) is 50.6 Å². The lowest BCUT2D eigenvalue weighted by atomic mass is 10.3. The van der Waals surface area contributed by atoms with E-state index in [1.807, 2.05) is 0 Å². The predicted octanol–water partition coefficient (Wildman–Crippen LogP) is 0.00100. The predicted molar refractivity (Wildman–Crippen MR) is 57.0 cm³/mol. The summed E-state index contributed by atoms with van der Waals surface area (Å²) in [5.74, 6) is -0.869. The standard InChI is InChI=1S/C10H16N4O2/c15-10(16)7-9-8-14(12-11-9)6-5-13-3-1-2-4-13/h8H,1-7H2,(H,15,16). The van der Waals surface area contributed by atoms with Gasteiger partial charge in [0.25, 0.3) is 0 Å². The van der Waals surface area contributed by atoms with E-state index in [2.05, 4.69) is 15.2 Å². The van der Waals surface area contributed by atoms with Gasteiger partial charge in [0, 0.05) is 12.7 Å². The third-order valence-electron chi connectivity index (χ3n) is 2.76. The summed E-state index contributed by atoms with van der Waals surface area (Å²) < 4.78 is 1.72. The molecule has 0 unspecified atom stereocenters. The molecule has 16 heavy (non-hydrogen) atoms. The fraction of sp³-hybridized carbons (Fsp3) is 0.700. The maximum absolute atomic E-state index is 10.5. The summed E-state index contributed by atoms with van der Waals surface area (Å²) in [6.45, 7) is 4.08. The Labute approximate surface area is 93.9 Å². The molecule has 0 saturated carbocycles. The average molecular weight is 224 g/mol. The molecule has 0 bridgehead atoms. The molecule has 0 aromatic carbocycles. The van der Waals surface area contributed by atoms with Crippen LogP contribution in [0.25, 0.3) is 0 Å². The Hall–Kier alpha value is -1.43. The smallest absolute Gasteiger partial charge is 0.309 e. The molecular formula is C10H16N4O2. The molecule has 1 aromatic heterocycles. The largest absolute Gasteiger partial charge is 0.481 e. The Balaban J connectivity index is 1.80. The van der Waals surface area contributed by atoms with Gasteiger partial charge in [-0.1, -0.05) is 5.21 Å². The minimum Gasteiger partial charge on any atom is -0.481 e. The first-order valence-corrected chi connectivity index (χ1v) is 5.57. The second kappa shape index (κ2) is 5.07. The third-order valence-corrected chi connectivity index (χ3v) is 2.76. The number of nitrogens with zero attached hydrogens (tertiary/aromatic N) is 4. The van der Waals surface area contributed by atoms with Gasteiger partial charge in [-0.05, 0) is 25.9 Å². The van der Waals surface area contributed by atoms with Crippen LogP contribution < -0.4 is 0 Å². The molecule has 1 aliphatic heterocycles. The van der Waals surface area contributed by atoms with E-state index in [-0.39, 0.29) is 6.42 Å². The molecule has 0 radical (unpaired) electrons. The third kappa shape index (κ3) is 3.03. The lowest BCUT2D eigenvalue weighted by Gasteiger charge is -2.13. The van der Waals surface area contributed by atoms with Crippen molar-refractivity contribution in [1.29, 1.82) is 0 Å². The molecule has 0 spiro atoms. The van der Waals surface area contributed by atoms with Crippen molar-refractivity contribution in [3.8, 4) is 0 Å². The number of aromatic nitrogens is 3. The number of hydrogen-bond acceptors (Lipinski definition) is 4. The molecule has 6 heteroatoms. The van der Waals surface area contributed by atoms with Crippen molar-refractivity contribution in [2.45, 2.75) is 25.8 Å². The monoisotopic (exact) mass is 224 g/mol. The second-order valence-electron chi connectivity index (χ2n) is 4.09. The zero-order valence-electron chi connectivity index (χ0n) is 9.17. The SMILES string of the molecule is O=C(O)Cc1cn(CCN2CCCC2)nn1. The van der Waals surface area contributed by atoms with Crippen LogP contribution >= 0.6 is 0 Å². The molecular weight excluding hydrogens is 208 g/mol. The van der Waals surface area contributed by atoms with Gasteiger partial charge in [0.2, 0.25) is 0 Å². The first-order chi connectivity index (χ1) is 7.74. The Morgan fingerprint density at radius 2 is 2.12 bits per heavy atom. The van der Waals surface area contributed by atoms with E-state index in [1.165, 1.54) is 12.8 Å². The van der Waals surface area contributed by atoms with Gasteiger partial charge < -0.3 is 10.0 Å². The van der Waals surface area contributed by atoms with E-state index in [9.17, 15) is 4.79 Å². The first kappa shape index (κ1) is 11.1. The minimum absolute atomic E-state index is 0.0519. The van der Waals surface area contributed by atoms with Crippen LogP contribution in [0.1, 0.15) is 18.5 Å². The average Bonchev–Trinajstić information content (AvgIpc) is 2.84. The van der Waals surface area contributed by atoms with E-state index < -0.39 is 5.97 Å². The summed E-state index contributed by atoms with van der Waals surface area (Å²) in [4.78, 5) is 12.8. The second-order valence-corrected chi connectivity index (χ2v) is 4.09. The molecule has 1 fully saturated rings. The van der Waals surface area contributed by atoms with Crippen LogP contribution in [0.15, 0.2) is 6.20 Å². The van der Waals surface area contributed by atoms with Crippen molar-refractivity contribution in [2.24, 2.45) is 0 Å². The van der Waals surface area contributed by atoms with Crippen molar-refractivity contribution in [1.82, 2.24) is 19.9 Å². The minimum atomic E-state index is -0.869. The zero-order valence-corrected chi connectivity index (χ0v) is 9.17. The highest BCUT2D eigenvalue weighted by Crippen LogP contribution is 2.06. The molecule has 0 aliphatic carbocycles. The fourth-order valence-corrected chi connectivity index (χ4v) is 1.93. The Kier molecular flexibility index (Phi) is 3.51. The molecule has 6 nitrogen and oxygen atoms in total. The Morgan fingerprint density at radius 1 is 1.38 bits per heavy atom. The summed E-state index contributed by atoms with van der Waals surface area (Å²) in [5.41, 5.74) is 0.522. The first-order valence-electron chi connectivity index (χ1n) is 5.57. The highest BCUT2D eigenvalue weighted by atomic mass is 16.4. The summed E-state index contributed by atoms with van der Waals surface area (Å²) in [6, 6.07) is 0. The summed E-state index contributed by atoms with van der Waals surface area (Å²) in [5, 5.41) is 16.3. The van der Waals surface area contributed by atoms with Gasteiger partial charge in [-0.25, -0.2) is 0 Å². The number of rotatable bonds is 5. The maximum atomic E-state index is 10.5. The molecule has 88 valence electrons. The zero-order chi connectivity index (χ0) is 11.4. The van der Waals surface area contributed by atoms with Crippen LogP contribution in [0.5, 0.6) is 0 Å². The lowest BCUT2D eigenvalue weighted by Crippen LogP contribution is -2.24. The van der Waals surface area contributed by atoms with Crippen LogP contribution in [0.2, 0.25) is 0 Å². The number of carboxylic acid groups (broad SMARTS) is 1. The Morgan fingerprint density at radius 3 is 2.81 bits per heavy atom. The van der Waals surface area contributed by atoms with E-state index >= 15 is 0 Å². The highest BCUT2D eigenvalue weighted by Gasteiger charge is 2.11. The number of aliphatic carboxylic acids is 1. The van der Waals surface area contributed by atoms with Crippen molar-refractivity contribution < 1.29 is 9.90 Å². The molecule has 0 amide bonds. The van der Waals surface area contributed by atoms with Crippen LogP contribution in [0.4, 0.5) is 0 Å². The van der Waals surface area contributed by atoms with E-state index in [1.54, 1.807) is 10.9 Å². The van der Waals surface area contributed by atoms with Crippen LogP contribution in [0.3, 0.4) is 0 Å². The number of likely N-dealkylation sites (tertiary alicyclic amines) is 1. The van der Waals surface area contributed by atoms with E-state index in [4.69, 9.17) is 5.11 Å². The lowest BCUT2D eigenvalue weighted by molar-refractivity contribution is -0.136. The normalized spacial score (nSPS) is 16.8. The fourth-order valence-electron chi connectivity index (χ4n) is 1.93. The van der Waals surface area contributed by atoms with Gasteiger partial charge in [-0.3, -0.25) is 9.48 Å².